The van der Waals surface area contributed by atoms with Crippen LogP contribution in [0.25, 0.3) is 0 Å². The predicted molar refractivity (Wildman–Crippen MR) is 130 cm³/mol. The monoisotopic (exact) mass is 448 g/mol. The van der Waals surface area contributed by atoms with Crippen LogP contribution in [0.15, 0.2) is 66.7 Å². The average molecular weight is 449 g/mol. The van der Waals surface area contributed by atoms with Gasteiger partial charge >= 0.3 is 5.97 Å². The van der Waals surface area contributed by atoms with Crippen LogP contribution < -0.4 is 18.9 Å². The number of hydrogen-bond donors (Lipinski definition) is 0. The van der Waals surface area contributed by atoms with Crippen molar-refractivity contribution in [2.24, 2.45) is 0 Å². The highest BCUT2D eigenvalue weighted by Crippen LogP contribution is 2.29. The van der Waals surface area contributed by atoms with Crippen molar-refractivity contribution in [3.63, 3.8) is 0 Å². The van der Waals surface area contributed by atoms with E-state index in [9.17, 15) is 4.79 Å². The Morgan fingerprint density at radius 3 is 2.09 bits per heavy atom. The third kappa shape index (κ3) is 7.86. The van der Waals surface area contributed by atoms with E-state index in [0.29, 0.717) is 25.4 Å². The quantitative estimate of drug-likeness (QED) is 0.171. The van der Waals surface area contributed by atoms with E-state index in [2.05, 4.69) is 19.9 Å². The van der Waals surface area contributed by atoms with Gasteiger partial charge in [-0.25, -0.2) is 0 Å². The lowest BCUT2D eigenvalue weighted by atomic mass is 10.1. The van der Waals surface area contributed by atoms with Gasteiger partial charge in [0, 0.05) is 12.8 Å². The molecule has 0 N–H and O–H groups in total. The summed E-state index contributed by atoms with van der Waals surface area (Å²) in [7, 11) is 0. The lowest BCUT2D eigenvalue weighted by Gasteiger charge is -2.14. The Labute approximate surface area is 196 Å². The molecule has 0 saturated heterocycles. The third-order valence-corrected chi connectivity index (χ3v) is 4.97. The van der Waals surface area contributed by atoms with Gasteiger partial charge in [-0.2, -0.15) is 0 Å². The van der Waals surface area contributed by atoms with E-state index in [4.69, 9.17) is 18.9 Å². The highest BCUT2D eigenvalue weighted by atomic mass is 16.5. The molecule has 5 nitrogen and oxygen atoms in total. The van der Waals surface area contributed by atoms with Gasteiger partial charge in [0.2, 0.25) is 0 Å². The van der Waals surface area contributed by atoms with Gasteiger partial charge in [0.1, 0.15) is 28.7 Å². The van der Waals surface area contributed by atoms with Crippen molar-refractivity contribution in [2.45, 2.75) is 46.5 Å². The van der Waals surface area contributed by atoms with Gasteiger partial charge in [0.05, 0.1) is 13.2 Å². The van der Waals surface area contributed by atoms with Crippen LogP contribution in [0.3, 0.4) is 0 Å². The van der Waals surface area contributed by atoms with Crippen molar-refractivity contribution in [3.8, 4) is 28.7 Å². The first-order chi connectivity index (χ1) is 16.1. The zero-order valence-corrected chi connectivity index (χ0v) is 19.6. The summed E-state index contributed by atoms with van der Waals surface area (Å²) < 4.78 is 23.0. The molecule has 0 unspecified atom stereocenters. The highest BCUT2D eigenvalue weighted by Gasteiger charge is 2.07. The van der Waals surface area contributed by atoms with Crippen LogP contribution in [-0.2, 0) is 11.2 Å². The fourth-order valence-electron chi connectivity index (χ4n) is 3.21. The second-order valence-electron chi connectivity index (χ2n) is 7.78. The van der Waals surface area contributed by atoms with Crippen LogP contribution in [0.4, 0.5) is 0 Å². The van der Waals surface area contributed by atoms with Gasteiger partial charge in [-0.15, -0.1) is 0 Å². The van der Waals surface area contributed by atoms with Crippen molar-refractivity contribution in [3.05, 3.63) is 77.9 Å². The molecule has 0 fully saturated rings. The first-order valence-electron chi connectivity index (χ1n) is 11.5. The summed E-state index contributed by atoms with van der Waals surface area (Å²) in [5.74, 6) is 3.52. The molecule has 174 valence electrons. The molecule has 3 aromatic rings. The molecule has 5 heteroatoms. The molecule has 0 aliphatic carbocycles. The number of benzene rings is 3. The molecule has 0 heterocycles. The number of hydrogen-bond acceptors (Lipinski definition) is 5. The summed E-state index contributed by atoms with van der Waals surface area (Å²) in [5.41, 5.74) is 2.34. The van der Waals surface area contributed by atoms with Crippen molar-refractivity contribution in [1.29, 1.82) is 0 Å². The second-order valence-corrected chi connectivity index (χ2v) is 7.78. The molecule has 0 aliphatic rings. The number of carbonyl (C=O) groups excluding carboxylic acids is 1. The Hall–Kier alpha value is -3.47. The van der Waals surface area contributed by atoms with E-state index in [1.165, 1.54) is 5.56 Å². The largest absolute Gasteiger partial charge is 0.493 e. The summed E-state index contributed by atoms with van der Waals surface area (Å²) >= 11 is 0. The smallest absolute Gasteiger partial charge is 0.310 e. The van der Waals surface area contributed by atoms with Crippen LogP contribution in [-0.4, -0.2) is 19.2 Å². The van der Waals surface area contributed by atoms with E-state index >= 15 is 0 Å². The zero-order valence-electron chi connectivity index (χ0n) is 19.6. The number of rotatable bonds is 12. The van der Waals surface area contributed by atoms with E-state index in [0.717, 1.165) is 47.8 Å². The van der Waals surface area contributed by atoms with Crippen LogP contribution in [0.2, 0.25) is 0 Å². The van der Waals surface area contributed by atoms with Gasteiger partial charge in [-0.1, -0.05) is 38.0 Å². The summed E-state index contributed by atoms with van der Waals surface area (Å²) in [5, 5.41) is 0. The van der Waals surface area contributed by atoms with Gasteiger partial charge in [0.25, 0.3) is 0 Å². The highest BCUT2D eigenvalue weighted by molar-refractivity contribution is 5.71. The molecular weight excluding hydrogens is 416 g/mol. The maximum Gasteiger partial charge on any atom is 0.310 e. The van der Waals surface area contributed by atoms with Crippen LogP contribution >= 0.6 is 0 Å². The minimum Gasteiger partial charge on any atom is -0.493 e. The first kappa shape index (κ1) is 24.2. The average Bonchev–Trinajstić information content (AvgIpc) is 2.82. The minimum absolute atomic E-state index is 0.252. The molecule has 33 heavy (non-hydrogen) atoms. The van der Waals surface area contributed by atoms with Gasteiger partial charge in [0.15, 0.2) is 0 Å². The number of aryl methyl sites for hydroxylation is 2. The third-order valence-electron chi connectivity index (χ3n) is 4.97. The van der Waals surface area contributed by atoms with E-state index in [1.807, 2.05) is 36.4 Å². The maximum absolute atomic E-state index is 11.3. The Morgan fingerprint density at radius 2 is 1.39 bits per heavy atom. The summed E-state index contributed by atoms with van der Waals surface area (Å²) in [6.07, 6.45) is 3.05. The zero-order chi connectivity index (χ0) is 23.5. The molecule has 0 amide bonds. The summed E-state index contributed by atoms with van der Waals surface area (Å²) in [6.45, 7) is 7.07. The number of carbonyl (C=O) groups is 1. The fourth-order valence-corrected chi connectivity index (χ4v) is 3.21. The lowest BCUT2D eigenvalue weighted by molar-refractivity contribution is -0.134. The standard InChI is InChI=1S/C28H32O5/c1-4-7-22-20-26(32-24-10-8-21(3)9-11-24)16-17-27(22)31-19-6-18-30-23-12-14-25(15-13-23)33-28(29)5-2/h8-17,20H,4-7,18-19H2,1-3H3. The number of ether oxygens (including phenoxy) is 4. The van der Waals surface area contributed by atoms with Gasteiger partial charge in [-0.3, -0.25) is 4.79 Å². The Kier molecular flexibility index (Phi) is 9.19. The van der Waals surface area contributed by atoms with Crippen molar-refractivity contribution in [1.82, 2.24) is 0 Å². The molecule has 0 aromatic heterocycles. The first-order valence-corrected chi connectivity index (χ1v) is 11.5. The van der Waals surface area contributed by atoms with Gasteiger partial charge in [-0.05, 0) is 73.5 Å². The Bertz CT molecular complexity index is 1010. The Balaban J connectivity index is 1.47. The Morgan fingerprint density at radius 1 is 0.758 bits per heavy atom. The second kappa shape index (κ2) is 12.5. The van der Waals surface area contributed by atoms with Crippen LogP contribution in [0, 0.1) is 6.92 Å². The molecule has 0 saturated carbocycles. The molecule has 0 atom stereocenters. The van der Waals surface area contributed by atoms with E-state index in [-0.39, 0.29) is 5.97 Å². The topological polar surface area (TPSA) is 54.0 Å². The van der Waals surface area contributed by atoms with E-state index < -0.39 is 0 Å². The van der Waals surface area contributed by atoms with Gasteiger partial charge < -0.3 is 18.9 Å². The molecule has 0 bridgehead atoms. The predicted octanol–water partition coefficient (Wildman–Crippen LogP) is 6.90. The van der Waals surface area contributed by atoms with Crippen LogP contribution in [0.5, 0.6) is 28.7 Å². The molecular formula is C28H32O5. The SMILES string of the molecule is CCCc1cc(Oc2ccc(C)cc2)ccc1OCCCOc1ccc(OC(=O)CC)cc1. The molecule has 3 aromatic carbocycles. The number of esters is 1. The summed E-state index contributed by atoms with van der Waals surface area (Å²) in [6, 6.07) is 21.1. The summed E-state index contributed by atoms with van der Waals surface area (Å²) in [4.78, 5) is 11.3. The molecule has 3 rings (SSSR count). The van der Waals surface area contributed by atoms with Crippen molar-refractivity contribution < 1.29 is 23.7 Å². The lowest BCUT2D eigenvalue weighted by Crippen LogP contribution is -2.07. The van der Waals surface area contributed by atoms with E-state index in [1.54, 1.807) is 31.2 Å². The molecule has 0 radical (unpaired) electrons. The normalized spacial score (nSPS) is 10.5. The minimum atomic E-state index is -0.252. The van der Waals surface area contributed by atoms with Crippen molar-refractivity contribution >= 4 is 5.97 Å². The van der Waals surface area contributed by atoms with Crippen molar-refractivity contribution in [2.75, 3.05) is 13.2 Å². The molecule has 0 aliphatic heterocycles. The molecule has 0 spiro atoms. The van der Waals surface area contributed by atoms with Crippen LogP contribution in [0.1, 0.15) is 44.2 Å². The fraction of sp³-hybridized carbons (Fsp3) is 0.321. The maximum atomic E-state index is 11.3.